The fraction of sp³-hybridized carbons (Fsp3) is 0.583. The zero-order valence-electron chi connectivity index (χ0n) is 10.2. The third-order valence-corrected chi connectivity index (χ3v) is 4.39. The Morgan fingerprint density at radius 1 is 1.65 bits per heavy atom. The monoisotopic (exact) mass is 253 g/mol. The van der Waals surface area contributed by atoms with Gasteiger partial charge in [-0.25, -0.2) is 4.98 Å². The first-order valence-electron chi connectivity index (χ1n) is 5.96. The first-order chi connectivity index (χ1) is 8.20. The molecule has 5 heteroatoms. The molecule has 1 saturated heterocycles. The molecule has 1 aliphatic rings. The highest BCUT2D eigenvalue weighted by Gasteiger charge is 2.21. The predicted octanol–water partition coefficient (Wildman–Crippen LogP) is 1.87. The normalized spacial score (nSPS) is 24.5. The molecule has 4 nitrogen and oxygen atoms in total. The summed E-state index contributed by atoms with van der Waals surface area (Å²) in [4.78, 5) is 4.47. The average molecular weight is 253 g/mol. The molecule has 0 unspecified atom stereocenters. The van der Waals surface area contributed by atoms with E-state index >= 15 is 0 Å². The van der Waals surface area contributed by atoms with Crippen molar-refractivity contribution in [2.45, 2.75) is 25.8 Å². The summed E-state index contributed by atoms with van der Waals surface area (Å²) < 4.78 is 13.5. The highest BCUT2D eigenvalue weighted by molar-refractivity contribution is 7.85. The van der Waals surface area contributed by atoms with Gasteiger partial charge in [-0.3, -0.25) is 4.21 Å². The van der Waals surface area contributed by atoms with Crippen LogP contribution in [0.25, 0.3) is 0 Å². The van der Waals surface area contributed by atoms with Crippen LogP contribution < -0.4 is 5.32 Å². The van der Waals surface area contributed by atoms with E-state index in [2.05, 4.69) is 27.6 Å². The highest BCUT2D eigenvalue weighted by Crippen LogP contribution is 2.26. The molecule has 0 amide bonds. The molecule has 94 valence electrons. The van der Waals surface area contributed by atoms with Crippen LogP contribution in [0.15, 0.2) is 18.9 Å². The summed E-state index contributed by atoms with van der Waals surface area (Å²) in [6.45, 7) is 6.41. The van der Waals surface area contributed by atoms with Crippen molar-refractivity contribution in [3.05, 3.63) is 24.5 Å². The van der Waals surface area contributed by atoms with Gasteiger partial charge in [-0.05, 0) is 19.8 Å². The van der Waals surface area contributed by atoms with Crippen LogP contribution >= 0.6 is 0 Å². The van der Waals surface area contributed by atoms with Crippen LogP contribution in [0.2, 0.25) is 0 Å². The standard InChI is InChI=1S/C12H19N3OS/c1-3-6-13-12-14-10(2)9-15(12)11-4-7-17(16)8-5-11/h3,9,11H,1,4-8H2,2H3,(H,13,14). The number of aromatic nitrogens is 2. The third kappa shape index (κ3) is 2.97. The smallest absolute Gasteiger partial charge is 0.203 e. The Morgan fingerprint density at radius 3 is 3.00 bits per heavy atom. The van der Waals surface area contributed by atoms with E-state index in [0.717, 1.165) is 42.5 Å². The SMILES string of the molecule is C=CCNc1nc(C)cn1C1CCS(=O)CC1. The number of anilines is 1. The quantitative estimate of drug-likeness (QED) is 0.833. The second kappa shape index (κ2) is 5.49. The molecule has 17 heavy (non-hydrogen) atoms. The Labute approximate surface area is 105 Å². The average Bonchev–Trinajstić information content (AvgIpc) is 2.69. The molecular weight excluding hydrogens is 234 g/mol. The Morgan fingerprint density at radius 2 is 2.35 bits per heavy atom. The fourth-order valence-electron chi connectivity index (χ4n) is 2.15. The van der Waals surface area contributed by atoms with Gasteiger partial charge in [-0.2, -0.15) is 0 Å². The fourth-order valence-corrected chi connectivity index (χ4v) is 3.42. The molecule has 1 fully saturated rings. The zero-order valence-corrected chi connectivity index (χ0v) is 11.0. The molecule has 2 rings (SSSR count). The number of rotatable bonds is 4. The van der Waals surface area contributed by atoms with Crippen LogP contribution in [-0.4, -0.2) is 31.8 Å². The molecule has 0 saturated carbocycles. The predicted molar refractivity (Wildman–Crippen MR) is 71.8 cm³/mol. The van der Waals surface area contributed by atoms with E-state index < -0.39 is 10.8 Å². The minimum Gasteiger partial charge on any atom is -0.352 e. The van der Waals surface area contributed by atoms with Gasteiger partial charge >= 0.3 is 0 Å². The lowest BCUT2D eigenvalue weighted by atomic mass is 10.1. The van der Waals surface area contributed by atoms with E-state index in [0.29, 0.717) is 6.04 Å². The summed E-state index contributed by atoms with van der Waals surface area (Å²) in [5.74, 6) is 2.52. The maximum atomic E-state index is 11.4. The first-order valence-corrected chi connectivity index (χ1v) is 7.44. The van der Waals surface area contributed by atoms with Crippen LogP contribution in [0.4, 0.5) is 5.95 Å². The Hall–Kier alpha value is -1.10. The highest BCUT2D eigenvalue weighted by atomic mass is 32.2. The van der Waals surface area contributed by atoms with Crippen LogP contribution in [0.3, 0.4) is 0 Å². The van der Waals surface area contributed by atoms with Gasteiger partial charge < -0.3 is 9.88 Å². The summed E-state index contributed by atoms with van der Waals surface area (Å²) in [6, 6.07) is 0.432. The van der Waals surface area contributed by atoms with Crippen molar-refractivity contribution in [2.75, 3.05) is 23.4 Å². The van der Waals surface area contributed by atoms with Crippen LogP contribution in [0.1, 0.15) is 24.6 Å². The van der Waals surface area contributed by atoms with E-state index in [4.69, 9.17) is 0 Å². The summed E-state index contributed by atoms with van der Waals surface area (Å²) in [6.07, 6.45) is 5.85. The maximum absolute atomic E-state index is 11.4. The first kappa shape index (κ1) is 12.4. The van der Waals surface area contributed by atoms with Crippen molar-refractivity contribution >= 4 is 16.7 Å². The van der Waals surface area contributed by atoms with Gasteiger partial charge in [0.1, 0.15) is 0 Å². The number of aryl methyl sites for hydroxylation is 1. The van der Waals surface area contributed by atoms with E-state index in [1.54, 1.807) is 0 Å². The van der Waals surface area contributed by atoms with Crippen molar-refractivity contribution in [2.24, 2.45) is 0 Å². The largest absolute Gasteiger partial charge is 0.352 e. The molecule has 1 aromatic rings. The summed E-state index contributed by atoms with van der Waals surface area (Å²) in [5, 5.41) is 3.25. The molecule has 0 aromatic carbocycles. The Balaban J connectivity index is 2.13. The number of hydrogen-bond donors (Lipinski definition) is 1. The van der Waals surface area contributed by atoms with E-state index in [1.165, 1.54) is 0 Å². The third-order valence-electron chi connectivity index (χ3n) is 3.01. The van der Waals surface area contributed by atoms with Gasteiger partial charge in [0.2, 0.25) is 5.95 Å². The number of imidazole rings is 1. The van der Waals surface area contributed by atoms with Crippen molar-refractivity contribution < 1.29 is 4.21 Å². The number of nitrogens with zero attached hydrogens (tertiary/aromatic N) is 2. The van der Waals surface area contributed by atoms with Crippen molar-refractivity contribution in [3.8, 4) is 0 Å². The minimum atomic E-state index is -0.610. The van der Waals surface area contributed by atoms with Gasteiger partial charge in [-0.1, -0.05) is 6.08 Å². The molecule has 0 radical (unpaired) electrons. The van der Waals surface area contributed by atoms with Crippen LogP contribution in [-0.2, 0) is 10.8 Å². The summed E-state index contributed by atoms with van der Waals surface area (Å²) in [7, 11) is -0.610. The maximum Gasteiger partial charge on any atom is 0.203 e. The zero-order chi connectivity index (χ0) is 12.3. The second-order valence-corrected chi connectivity index (χ2v) is 6.06. The molecule has 0 atom stereocenters. The van der Waals surface area contributed by atoms with Gasteiger partial charge in [0.25, 0.3) is 0 Å². The van der Waals surface area contributed by atoms with Crippen LogP contribution in [0.5, 0.6) is 0 Å². The summed E-state index contributed by atoms with van der Waals surface area (Å²) in [5.41, 5.74) is 1.02. The lowest BCUT2D eigenvalue weighted by molar-refractivity contribution is 0.466. The lowest BCUT2D eigenvalue weighted by Gasteiger charge is -2.24. The Kier molecular flexibility index (Phi) is 3.99. The van der Waals surface area contributed by atoms with E-state index in [9.17, 15) is 4.21 Å². The van der Waals surface area contributed by atoms with Gasteiger partial charge in [-0.15, -0.1) is 6.58 Å². The molecule has 0 bridgehead atoms. The molecule has 2 heterocycles. The van der Waals surface area contributed by atoms with Crippen molar-refractivity contribution in [3.63, 3.8) is 0 Å². The van der Waals surface area contributed by atoms with Gasteiger partial charge in [0.05, 0.1) is 5.69 Å². The molecule has 0 spiro atoms. The van der Waals surface area contributed by atoms with E-state index in [1.807, 2.05) is 13.0 Å². The lowest BCUT2D eigenvalue weighted by Crippen LogP contribution is -2.22. The van der Waals surface area contributed by atoms with Crippen molar-refractivity contribution in [1.29, 1.82) is 0 Å². The molecule has 0 aliphatic carbocycles. The van der Waals surface area contributed by atoms with Gasteiger partial charge in [0, 0.05) is 41.1 Å². The van der Waals surface area contributed by atoms with Crippen LogP contribution in [0, 0.1) is 6.92 Å². The number of hydrogen-bond acceptors (Lipinski definition) is 3. The minimum absolute atomic E-state index is 0.432. The summed E-state index contributed by atoms with van der Waals surface area (Å²) >= 11 is 0. The molecule has 1 N–H and O–H groups in total. The van der Waals surface area contributed by atoms with Crippen molar-refractivity contribution in [1.82, 2.24) is 9.55 Å². The Bertz CT molecular complexity index is 417. The molecule has 1 aromatic heterocycles. The van der Waals surface area contributed by atoms with E-state index in [-0.39, 0.29) is 0 Å². The molecular formula is C12H19N3OS. The topological polar surface area (TPSA) is 46.9 Å². The number of nitrogens with one attached hydrogen (secondary N) is 1. The second-order valence-electron chi connectivity index (χ2n) is 4.36. The molecule has 1 aliphatic heterocycles. The van der Waals surface area contributed by atoms with Gasteiger partial charge in [0.15, 0.2) is 0 Å².